The van der Waals surface area contributed by atoms with Crippen LogP contribution < -0.4 is 21.1 Å². The number of anilines is 1. The molecule has 128 valence electrons. The van der Waals surface area contributed by atoms with Crippen LogP contribution >= 0.6 is 11.6 Å². The second-order valence-corrected chi connectivity index (χ2v) is 6.57. The van der Waals surface area contributed by atoms with Gasteiger partial charge < -0.3 is 10.1 Å². The van der Waals surface area contributed by atoms with Crippen LogP contribution in [0.15, 0.2) is 30.0 Å². The second kappa shape index (κ2) is 6.34. The zero-order valence-electron chi connectivity index (χ0n) is 13.4. The van der Waals surface area contributed by atoms with Crippen LogP contribution in [0.1, 0.15) is 5.56 Å². The van der Waals surface area contributed by atoms with Crippen molar-refractivity contribution >= 4 is 23.2 Å². The van der Waals surface area contributed by atoms with Crippen LogP contribution in [0.4, 0.5) is 5.69 Å². The molecule has 2 unspecified atom stereocenters. The third kappa shape index (κ3) is 2.89. The van der Waals surface area contributed by atoms with E-state index in [9.17, 15) is 4.79 Å². The molecule has 1 aromatic rings. The van der Waals surface area contributed by atoms with Gasteiger partial charge in [-0.1, -0.05) is 11.6 Å². The lowest BCUT2D eigenvalue weighted by atomic mass is 10.1. The Hall–Kier alpha value is -1.64. The van der Waals surface area contributed by atoms with Crippen molar-refractivity contribution in [2.24, 2.45) is 0 Å². The average molecular weight is 350 g/mol. The summed E-state index contributed by atoms with van der Waals surface area (Å²) in [5, 5.41) is 9.03. The molecule has 4 rings (SSSR count). The Morgan fingerprint density at radius 3 is 2.83 bits per heavy atom. The van der Waals surface area contributed by atoms with E-state index in [0.29, 0.717) is 23.8 Å². The smallest absolute Gasteiger partial charge is 0.254 e. The normalized spacial score (nSPS) is 27.7. The SMILES string of the molecule is Cc1cc(Cl)ccc1N1C=C2C(=O)NC(N3CCOCC3)NC2N1. The van der Waals surface area contributed by atoms with Gasteiger partial charge in [0, 0.05) is 24.3 Å². The van der Waals surface area contributed by atoms with Crippen LogP contribution in [0.3, 0.4) is 0 Å². The summed E-state index contributed by atoms with van der Waals surface area (Å²) >= 11 is 6.03. The number of ether oxygens (including phenoxy) is 1. The Morgan fingerprint density at radius 2 is 2.08 bits per heavy atom. The van der Waals surface area contributed by atoms with Gasteiger partial charge in [-0.2, -0.15) is 0 Å². The van der Waals surface area contributed by atoms with Gasteiger partial charge in [0.25, 0.3) is 5.91 Å². The van der Waals surface area contributed by atoms with Crippen LogP contribution in [-0.4, -0.2) is 49.6 Å². The minimum atomic E-state index is -0.221. The molecule has 1 aromatic carbocycles. The number of carbonyl (C=O) groups is 1. The lowest BCUT2D eigenvalue weighted by Gasteiger charge is -2.40. The number of benzene rings is 1. The average Bonchev–Trinajstić information content (AvgIpc) is 3.00. The quantitative estimate of drug-likeness (QED) is 0.723. The Balaban J connectivity index is 1.52. The lowest BCUT2D eigenvalue weighted by Crippen LogP contribution is -2.68. The van der Waals surface area contributed by atoms with Crippen LogP contribution in [-0.2, 0) is 9.53 Å². The fourth-order valence-corrected chi connectivity index (χ4v) is 3.47. The summed E-state index contributed by atoms with van der Waals surface area (Å²) in [7, 11) is 0. The van der Waals surface area contributed by atoms with Crippen LogP contribution in [0, 0.1) is 6.92 Å². The molecule has 0 bridgehead atoms. The highest BCUT2D eigenvalue weighted by Gasteiger charge is 2.38. The van der Waals surface area contributed by atoms with Crippen molar-refractivity contribution in [2.45, 2.75) is 19.4 Å². The van der Waals surface area contributed by atoms with Gasteiger partial charge in [-0.25, -0.2) is 5.43 Å². The predicted octanol–water partition coefficient (Wildman–Crippen LogP) is 0.518. The number of halogens is 1. The zero-order chi connectivity index (χ0) is 16.7. The summed E-state index contributed by atoms with van der Waals surface area (Å²) in [6.07, 6.45) is 1.42. The van der Waals surface area contributed by atoms with Crippen molar-refractivity contribution in [2.75, 3.05) is 31.3 Å². The summed E-state index contributed by atoms with van der Waals surface area (Å²) in [4.78, 5) is 14.7. The number of amides is 1. The Kier molecular flexibility index (Phi) is 4.19. The molecule has 2 atom stereocenters. The highest BCUT2D eigenvalue weighted by atomic mass is 35.5. The van der Waals surface area contributed by atoms with E-state index in [-0.39, 0.29) is 18.4 Å². The molecule has 2 saturated heterocycles. The number of rotatable bonds is 2. The number of hydrogen-bond acceptors (Lipinski definition) is 6. The fraction of sp³-hybridized carbons (Fsp3) is 0.438. The number of carbonyl (C=O) groups excluding carboxylic acids is 1. The van der Waals surface area contributed by atoms with Crippen molar-refractivity contribution in [1.29, 1.82) is 0 Å². The molecule has 0 saturated carbocycles. The summed E-state index contributed by atoms with van der Waals surface area (Å²) < 4.78 is 5.37. The lowest BCUT2D eigenvalue weighted by molar-refractivity contribution is -0.123. The maximum Gasteiger partial charge on any atom is 0.254 e. The first-order chi connectivity index (χ1) is 11.6. The first-order valence-corrected chi connectivity index (χ1v) is 8.41. The van der Waals surface area contributed by atoms with Gasteiger partial charge in [0.2, 0.25) is 0 Å². The molecule has 0 radical (unpaired) electrons. The number of aryl methyl sites for hydroxylation is 1. The maximum atomic E-state index is 12.5. The zero-order valence-corrected chi connectivity index (χ0v) is 14.1. The van der Waals surface area contributed by atoms with Crippen LogP contribution in [0.2, 0.25) is 5.02 Å². The molecule has 24 heavy (non-hydrogen) atoms. The van der Waals surface area contributed by atoms with E-state index >= 15 is 0 Å². The molecule has 3 aliphatic heterocycles. The van der Waals surface area contributed by atoms with E-state index in [1.54, 1.807) is 0 Å². The van der Waals surface area contributed by atoms with Crippen molar-refractivity contribution in [3.8, 4) is 0 Å². The molecular weight excluding hydrogens is 330 g/mol. The van der Waals surface area contributed by atoms with Crippen molar-refractivity contribution in [1.82, 2.24) is 21.0 Å². The van der Waals surface area contributed by atoms with E-state index in [2.05, 4.69) is 21.0 Å². The topological polar surface area (TPSA) is 68.9 Å². The minimum Gasteiger partial charge on any atom is -0.379 e. The molecule has 0 spiro atoms. The molecule has 0 aromatic heterocycles. The molecule has 7 nitrogen and oxygen atoms in total. The third-order valence-electron chi connectivity index (χ3n) is 4.53. The number of nitrogens with zero attached hydrogens (tertiary/aromatic N) is 2. The number of fused-ring (bicyclic) bond motifs is 1. The van der Waals surface area contributed by atoms with Crippen molar-refractivity contribution in [3.05, 3.63) is 40.6 Å². The number of nitrogens with one attached hydrogen (secondary N) is 3. The monoisotopic (exact) mass is 349 g/mol. The van der Waals surface area contributed by atoms with Gasteiger partial charge in [-0.05, 0) is 30.7 Å². The molecule has 3 N–H and O–H groups in total. The van der Waals surface area contributed by atoms with Gasteiger partial charge in [0.15, 0.2) is 0 Å². The molecule has 3 heterocycles. The largest absolute Gasteiger partial charge is 0.379 e. The van der Waals surface area contributed by atoms with E-state index in [4.69, 9.17) is 16.3 Å². The van der Waals surface area contributed by atoms with Crippen LogP contribution in [0.5, 0.6) is 0 Å². The summed E-state index contributed by atoms with van der Waals surface area (Å²) in [6, 6.07) is 5.69. The van der Waals surface area contributed by atoms with Gasteiger partial charge in [-0.3, -0.25) is 20.0 Å². The summed E-state index contributed by atoms with van der Waals surface area (Å²) in [5.41, 5.74) is 6.02. The second-order valence-electron chi connectivity index (χ2n) is 6.14. The van der Waals surface area contributed by atoms with Gasteiger partial charge in [0.05, 0.1) is 24.5 Å². The third-order valence-corrected chi connectivity index (χ3v) is 4.77. The summed E-state index contributed by atoms with van der Waals surface area (Å²) in [6.45, 7) is 4.96. The van der Waals surface area contributed by atoms with Gasteiger partial charge >= 0.3 is 0 Å². The summed E-state index contributed by atoms with van der Waals surface area (Å²) in [5.74, 6) is -0.0585. The predicted molar refractivity (Wildman–Crippen MR) is 91.1 cm³/mol. The van der Waals surface area contributed by atoms with Crippen molar-refractivity contribution < 1.29 is 9.53 Å². The fourth-order valence-electron chi connectivity index (χ4n) is 3.24. The number of morpholine rings is 1. The highest BCUT2D eigenvalue weighted by Crippen LogP contribution is 2.27. The van der Waals surface area contributed by atoms with E-state index < -0.39 is 0 Å². The minimum absolute atomic E-state index is 0.0585. The Bertz CT molecular complexity index is 689. The Morgan fingerprint density at radius 1 is 1.29 bits per heavy atom. The standard InChI is InChI=1S/C16H20ClN5O2/c1-10-8-11(17)2-3-13(10)22-9-12-14(20-22)18-16(19-15(12)23)21-4-6-24-7-5-21/h2-3,8-9,14,16,18,20H,4-7H2,1H3,(H,19,23). The first kappa shape index (κ1) is 15.9. The molecule has 1 amide bonds. The van der Waals surface area contributed by atoms with Crippen LogP contribution in [0.25, 0.3) is 0 Å². The molecular formula is C16H20ClN5O2. The van der Waals surface area contributed by atoms with E-state index in [1.807, 2.05) is 36.3 Å². The maximum absolute atomic E-state index is 12.5. The molecule has 0 aliphatic carbocycles. The highest BCUT2D eigenvalue weighted by molar-refractivity contribution is 6.30. The van der Waals surface area contributed by atoms with E-state index in [0.717, 1.165) is 24.3 Å². The Labute approximate surface area is 145 Å². The molecule has 3 aliphatic rings. The molecule has 2 fully saturated rings. The molecule has 8 heteroatoms. The first-order valence-electron chi connectivity index (χ1n) is 8.04. The number of hydrazine groups is 1. The van der Waals surface area contributed by atoms with E-state index in [1.165, 1.54) is 0 Å². The van der Waals surface area contributed by atoms with Gasteiger partial charge in [0.1, 0.15) is 12.5 Å². The number of hydrogen-bond donors (Lipinski definition) is 3. The van der Waals surface area contributed by atoms with Crippen molar-refractivity contribution in [3.63, 3.8) is 0 Å². The van der Waals surface area contributed by atoms with Gasteiger partial charge in [-0.15, -0.1) is 0 Å².